The molecule has 0 saturated carbocycles. The molecule has 0 unspecified atom stereocenters. The monoisotopic (exact) mass is 298 g/mol. The van der Waals surface area contributed by atoms with Crippen molar-refractivity contribution in [1.82, 2.24) is 14.5 Å². The lowest BCUT2D eigenvalue weighted by molar-refractivity contribution is 0.463. The van der Waals surface area contributed by atoms with Gasteiger partial charge in [0.2, 0.25) is 0 Å². The molecule has 0 aliphatic carbocycles. The quantitative estimate of drug-likeness (QED) is 0.842. The highest BCUT2D eigenvalue weighted by atomic mass is 15.2. The average Bonchev–Trinajstić information content (AvgIpc) is 3.02. The first-order valence-electron chi connectivity index (χ1n) is 8.47. The zero-order chi connectivity index (χ0) is 15.4. The minimum Gasteiger partial charge on any atom is -0.356 e. The molecule has 0 radical (unpaired) electrons. The first kappa shape index (κ1) is 15.1. The highest BCUT2D eigenvalue weighted by Gasteiger charge is 2.25. The Morgan fingerprint density at radius 2 is 2.18 bits per heavy atom. The van der Waals surface area contributed by atoms with Gasteiger partial charge in [-0.15, -0.1) is 0 Å². The van der Waals surface area contributed by atoms with Crippen molar-refractivity contribution in [1.29, 1.82) is 0 Å². The number of anilines is 1. The molecule has 1 aliphatic rings. The SMILES string of the molecule is CCCCn1ccnc1[C@H]1CCCN(c2ncccc2C)C1. The molecule has 22 heavy (non-hydrogen) atoms. The van der Waals surface area contributed by atoms with Gasteiger partial charge in [-0.3, -0.25) is 0 Å². The summed E-state index contributed by atoms with van der Waals surface area (Å²) in [5.74, 6) is 2.91. The first-order valence-corrected chi connectivity index (χ1v) is 8.47. The second-order valence-electron chi connectivity index (χ2n) is 6.26. The Hall–Kier alpha value is -1.84. The molecular formula is C18H26N4. The second kappa shape index (κ2) is 6.95. The fraction of sp³-hybridized carbons (Fsp3) is 0.556. The van der Waals surface area contributed by atoms with E-state index in [2.05, 4.69) is 45.5 Å². The normalized spacial score (nSPS) is 18.6. The summed E-state index contributed by atoms with van der Waals surface area (Å²) in [4.78, 5) is 11.7. The molecule has 1 atom stereocenters. The molecule has 0 aromatic carbocycles. The molecule has 0 bridgehead atoms. The third kappa shape index (κ3) is 3.16. The summed E-state index contributed by atoms with van der Waals surface area (Å²) in [6.45, 7) is 7.60. The summed E-state index contributed by atoms with van der Waals surface area (Å²) in [5, 5.41) is 0. The Balaban J connectivity index is 1.76. The molecule has 0 spiro atoms. The molecule has 118 valence electrons. The van der Waals surface area contributed by atoms with Crippen molar-refractivity contribution in [2.75, 3.05) is 18.0 Å². The molecule has 0 amide bonds. The van der Waals surface area contributed by atoms with Crippen LogP contribution in [0.2, 0.25) is 0 Å². The van der Waals surface area contributed by atoms with Crippen LogP contribution in [0.25, 0.3) is 0 Å². The van der Waals surface area contributed by atoms with Gasteiger partial charge in [-0.1, -0.05) is 19.4 Å². The van der Waals surface area contributed by atoms with E-state index < -0.39 is 0 Å². The number of aromatic nitrogens is 3. The van der Waals surface area contributed by atoms with Gasteiger partial charge < -0.3 is 9.47 Å². The molecule has 3 heterocycles. The van der Waals surface area contributed by atoms with E-state index in [-0.39, 0.29) is 0 Å². The molecular weight excluding hydrogens is 272 g/mol. The van der Waals surface area contributed by atoms with Crippen molar-refractivity contribution in [3.63, 3.8) is 0 Å². The number of piperidine rings is 1. The van der Waals surface area contributed by atoms with Crippen LogP contribution in [-0.4, -0.2) is 27.6 Å². The maximum absolute atomic E-state index is 4.66. The maximum atomic E-state index is 4.66. The van der Waals surface area contributed by atoms with Crippen LogP contribution in [0.4, 0.5) is 5.82 Å². The van der Waals surface area contributed by atoms with Crippen molar-refractivity contribution in [2.45, 2.75) is 52.0 Å². The fourth-order valence-corrected chi connectivity index (χ4v) is 3.39. The predicted molar refractivity (Wildman–Crippen MR) is 90.3 cm³/mol. The Labute approximate surface area is 133 Å². The minimum atomic E-state index is 0.516. The van der Waals surface area contributed by atoms with Crippen molar-refractivity contribution < 1.29 is 0 Å². The second-order valence-corrected chi connectivity index (χ2v) is 6.26. The van der Waals surface area contributed by atoms with E-state index >= 15 is 0 Å². The lowest BCUT2D eigenvalue weighted by atomic mass is 9.96. The van der Waals surface area contributed by atoms with Crippen LogP contribution in [0.5, 0.6) is 0 Å². The zero-order valence-electron chi connectivity index (χ0n) is 13.7. The number of hydrogen-bond donors (Lipinski definition) is 0. The van der Waals surface area contributed by atoms with Crippen LogP contribution in [0.3, 0.4) is 0 Å². The number of rotatable bonds is 5. The van der Waals surface area contributed by atoms with E-state index in [1.165, 1.54) is 37.1 Å². The number of aryl methyl sites for hydroxylation is 2. The number of imidazole rings is 1. The molecule has 3 rings (SSSR count). The lowest BCUT2D eigenvalue weighted by Crippen LogP contribution is -2.36. The predicted octanol–water partition coefficient (Wildman–Crippen LogP) is 3.77. The van der Waals surface area contributed by atoms with Crippen molar-refractivity contribution in [3.05, 3.63) is 42.1 Å². The summed E-state index contributed by atoms with van der Waals surface area (Å²) >= 11 is 0. The van der Waals surface area contributed by atoms with Crippen molar-refractivity contribution >= 4 is 5.82 Å². The van der Waals surface area contributed by atoms with E-state index in [4.69, 9.17) is 0 Å². The van der Waals surface area contributed by atoms with Gasteiger partial charge in [0, 0.05) is 44.1 Å². The van der Waals surface area contributed by atoms with Crippen LogP contribution in [0, 0.1) is 6.92 Å². The summed E-state index contributed by atoms with van der Waals surface area (Å²) < 4.78 is 2.35. The third-order valence-corrected chi connectivity index (χ3v) is 4.57. The summed E-state index contributed by atoms with van der Waals surface area (Å²) in [6, 6.07) is 4.16. The molecule has 0 N–H and O–H groups in total. The van der Waals surface area contributed by atoms with Crippen LogP contribution in [-0.2, 0) is 6.54 Å². The Morgan fingerprint density at radius 3 is 3.00 bits per heavy atom. The van der Waals surface area contributed by atoms with Gasteiger partial charge in [-0.05, 0) is 37.8 Å². The van der Waals surface area contributed by atoms with Crippen molar-refractivity contribution in [3.8, 4) is 0 Å². The van der Waals surface area contributed by atoms with E-state index in [0.717, 1.165) is 25.5 Å². The van der Waals surface area contributed by atoms with Crippen LogP contribution in [0.15, 0.2) is 30.7 Å². The van der Waals surface area contributed by atoms with Gasteiger partial charge in [0.15, 0.2) is 0 Å². The number of pyridine rings is 1. The molecule has 2 aromatic rings. The van der Waals surface area contributed by atoms with Crippen LogP contribution >= 0.6 is 0 Å². The Morgan fingerprint density at radius 1 is 1.27 bits per heavy atom. The number of hydrogen-bond acceptors (Lipinski definition) is 3. The molecule has 4 heteroatoms. The largest absolute Gasteiger partial charge is 0.356 e. The summed E-state index contributed by atoms with van der Waals surface area (Å²) in [6.07, 6.45) is 10.9. The van der Waals surface area contributed by atoms with Gasteiger partial charge in [0.1, 0.15) is 11.6 Å². The molecule has 4 nitrogen and oxygen atoms in total. The summed E-state index contributed by atoms with van der Waals surface area (Å²) in [7, 11) is 0. The van der Waals surface area contributed by atoms with Gasteiger partial charge in [-0.2, -0.15) is 0 Å². The molecule has 1 saturated heterocycles. The van der Waals surface area contributed by atoms with Crippen molar-refractivity contribution in [2.24, 2.45) is 0 Å². The van der Waals surface area contributed by atoms with E-state index in [0.29, 0.717) is 5.92 Å². The Kier molecular flexibility index (Phi) is 4.76. The molecule has 1 fully saturated rings. The topological polar surface area (TPSA) is 34.0 Å². The fourth-order valence-electron chi connectivity index (χ4n) is 3.39. The van der Waals surface area contributed by atoms with E-state index in [1.54, 1.807) is 0 Å². The average molecular weight is 298 g/mol. The lowest BCUT2D eigenvalue weighted by Gasteiger charge is -2.34. The van der Waals surface area contributed by atoms with Crippen LogP contribution in [0.1, 0.15) is 49.9 Å². The van der Waals surface area contributed by atoms with E-state index in [9.17, 15) is 0 Å². The van der Waals surface area contributed by atoms with Crippen LogP contribution < -0.4 is 4.90 Å². The molecule has 2 aromatic heterocycles. The Bertz CT molecular complexity index is 605. The standard InChI is InChI=1S/C18H26N4/c1-3-4-11-21-13-10-20-18(21)16-8-6-12-22(14-16)17-15(2)7-5-9-19-17/h5,7,9-10,13,16H,3-4,6,8,11-12,14H2,1-2H3/t16-/m0/s1. The van der Waals surface area contributed by atoms with Gasteiger partial charge >= 0.3 is 0 Å². The van der Waals surface area contributed by atoms with Gasteiger partial charge in [0.25, 0.3) is 0 Å². The maximum Gasteiger partial charge on any atom is 0.131 e. The smallest absolute Gasteiger partial charge is 0.131 e. The minimum absolute atomic E-state index is 0.516. The van der Waals surface area contributed by atoms with E-state index in [1.807, 2.05) is 18.5 Å². The van der Waals surface area contributed by atoms with Gasteiger partial charge in [0.05, 0.1) is 0 Å². The number of nitrogens with zero attached hydrogens (tertiary/aromatic N) is 4. The van der Waals surface area contributed by atoms with Gasteiger partial charge in [-0.25, -0.2) is 9.97 Å². The summed E-state index contributed by atoms with van der Waals surface area (Å²) in [5.41, 5.74) is 1.26. The number of unbranched alkanes of at least 4 members (excludes halogenated alkanes) is 1. The first-order chi connectivity index (χ1) is 10.8. The molecule has 1 aliphatic heterocycles. The highest BCUT2D eigenvalue weighted by Crippen LogP contribution is 2.29. The zero-order valence-corrected chi connectivity index (χ0v) is 13.7. The third-order valence-electron chi connectivity index (χ3n) is 4.57. The highest BCUT2D eigenvalue weighted by molar-refractivity contribution is 5.46.